The van der Waals surface area contributed by atoms with Gasteiger partial charge in [-0.05, 0) is 31.7 Å². The smallest absolute Gasteiger partial charge is 0.223 e. The van der Waals surface area contributed by atoms with Crippen molar-refractivity contribution >= 4 is 5.91 Å². The van der Waals surface area contributed by atoms with Crippen molar-refractivity contribution < 1.29 is 9.18 Å². The summed E-state index contributed by atoms with van der Waals surface area (Å²) in [5, 5.41) is 0. The average molecular weight is 278 g/mol. The second kappa shape index (κ2) is 6.35. The van der Waals surface area contributed by atoms with Gasteiger partial charge in [0.1, 0.15) is 5.82 Å². The molecule has 4 heteroatoms. The van der Waals surface area contributed by atoms with E-state index in [-0.39, 0.29) is 23.8 Å². The summed E-state index contributed by atoms with van der Waals surface area (Å²) in [6.45, 7) is 4.71. The van der Waals surface area contributed by atoms with E-state index in [2.05, 4.69) is 6.92 Å². The number of carbonyl (C=O) groups excluding carboxylic acids is 1. The molecule has 1 fully saturated rings. The molecule has 1 aromatic rings. The molecule has 0 saturated carbocycles. The van der Waals surface area contributed by atoms with E-state index in [9.17, 15) is 9.18 Å². The van der Waals surface area contributed by atoms with Gasteiger partial charge < -0.3 is 10.6 Å². The number of nitrogens with zero attached hydrogens (tertiary/aromatic N) is 1. The maximum Gasteiger partial charge on any atom is 0.223 e. The van der Waals surface area contributed by atoms with Crippen LogP contribution in [0.15, 0.2) is 24.3 Å². The fourth-order valence-electron chi connectivity index (χ4n) is 2.86. The van der Waals surface area contributed by atoms with E-state index in [1.54, 1.807) is 12.1 Å². The van der Waals surface area contributed by atoms with Gasteiger partial charge in [0.25, 0.3) is 0 Å². The molecule has 1 amide bonds. The van der Waals surface area contributed by atoms with Gasteiger partial charge in [-0.3, -0.25) is 4.79 Å². The van der Waals surface area contributed by atoms with Gasteiger partial charge in [0.2, 0.25) is 5.91 Å². The molecule has 0 spiro atoms. The standard InChI is InChI=1S/C16H23FN2O/c1-11-9-15(13-5-3-4-6-14(13)17)19(10-11)16(20)8-7-12(2)18/h3-6,11-12,15H,7-10,18H2,1-2H3. The van der Waals surface area contributed by atoms with Crippen LogP contribution in [0.4, 0.5) is 4.39 Å². The zero-order valence-electron chi connectivity index (χ0n) is 12.2. The molecule has 3 unspecified atom stereocenters. The van der Waals surface area contributed by atoms with E-state index < -0.39 is 0 Å². The quantitative estimate of drug-likeness (QED) is 0.920. The molecule has 0 aromatic heterocycles. The van der Waals surface area contributed by atoms with Gasteiger partial charge in [0.15, 0.2) is 0 Å². The van der Waals surface area contributed by atoms with Gasteiger partial charge >= 0.3 is 0 Å². The Balaban J connectivity index is 2.15. The first-order valence-electron chi connectivity index (χ1n) is 7.28. The highest BCUT2D eigenvalue weighted by Crippen LogP contribution is 2.36. The Morgan fingerprint density at radius 1 is 1.50 bits per heavy atom. The van der Waals surface area contributed by atoms with Gasteiger partial charge in [0, 0.05) is 24.6 Å². The van der Waals surface area contributed by atoms with Crippen LogP contribution in [0.25, 0.3) is 0 Å². The minimum Gasteiger partial charge on any atom is -0.335 e. The van der Waals surface area contributed by atoms with Gasteiger partial charge in [-0.15, -0.1) is 0 Å². The van der Waals surface area contributed by atoms with Gasteiger partial charge in [-0.25, -0.2) is 4.39 Å². The molecular weight excluding hydrogens is 255 g/mol. The third-order valence-electron chi connectivity index (χ3n) is 3.91. The summed E-state index contributed by atoms with van der Waals surface area (Å²) in [5.74, 6) is 0.260. The maximum atomic E-state index is 14.0. The highest BCUT2D eigenvalue weighted by molar-refractivity contribution is 5.77. The Hall–Kier alpha value is -1.42. The number of carbonyl (C=O) groups is 1. The number of rotatable bonds is 4. The molecule has 2 N–H and O–H groups in total. The lowest BCUT2D eigenvalue weighted by atomic mass is 10.0. The van der Waals surface area contributed by atoms with Crippen LogP contribution in [-0.4, -0.2) is 23.4 Å². The van der Waals surface area contributed by atoms with Gasteiger partial charge in [-0.2, -0.15) is 0 Å². The molecule has 0 radical (unpaired) electrons. The maximum absolute atomic E-state index is 14.0. The molecular formula is C16H23FN2O. The van der Waals surface area contributed by atoms with Crippen LogP contribution in [0.3, 0.4) is 0 Å². The van der Waals surface area contributed by atoms with E-state index in [0.29, 0.717) is 30.9 Å². The molecule has 3 atom stereocenters. The monoisotopic (exact) mass is 278 g/mol. The summed E-state index contributed by atoms with van der Waals surface area (Å²) in [7, 11) is 0. The molecule has 1 heterocycles. The van der Waals surface area contributed by atoms with Crippen LogP contribution in [-0.2, 0) is 4.79 Å². The average Bonchev–Trinajstić information content (AvgIpc) is 2.78. The van der Waals surface area contributed by atoms with Crippen molar-refractivity contribution in [3.8, 4) is 0 Å². The number of likely N-dealkylation sites (tertiary alicyclic amines) is 1. The van der Waals surface area contributed by atoms with Crippen LogP contribution >= 0.6 is 0 Å². The molecule has 1 aromatic carbocycles. The number of hydrogen-bond acceptors (Lipinski definition) is 2. The summed E-state index contributed by atoms with van der Waals surface area (Å²) in [6.07, 6.45) is 1.94. The van der Waals surface area contributed by atoms with E-state index in [4.69, 9.17) is 5.73 Å². The van der Waals surface area contributed by atoms with E-state index in [1.165, 1.54) is 6.07 Å². The first-order chi connectivity index (χ1) is 9.49. The topological polar surface area (TPSA) is 46.3 Å². The second-order valence-electron chi connectivity index (χ2n) is 5.94. The first kappa shape index (κ1) is 15.0. The third-order valence-corrected chi connectivity index (χ3v) is 3.91. The number of amides is 1. The van der Waals surface area contributed by atoms with E-state index in [1.807, 2.05) is 17.9 Å². The molecule has 20 heavy (non-hydrogen) atoms. The third kappa shape index (κ3) is 3.37. The summed E-state index contributed by atoms with van der Waals surface area (Å²) < 4.78 is 14.0. The van der Waals surface area contributed by atoms with Gasteiger partial charge in [-0.1, -0.05) is 25.1 Å². The Morgan fingerprint density at radius 2 is 2.20 bits per heavy atom. The van der Waals surface area contributed by atoms with E-state index >= 15 is 0 Å². The predicted octanol–water partition coefficient (Wildman–Crippen LogP) is 2.86. The highest BCUT2D eigenvalue weighted by atomic mass is 19.1. The lowest BCUT2D eigenvalue weighted by Crippen LogP contribution is -2.32. The van der Waals surface area contributed by atoms with Crippen LogP contribution in [0.1, 0.15) is 44.7 Å². The van der Waals surface area contributed by atoms with E-state index in [0.717, 1.165) is 6.42 Å². The molecule has 1 saturated heterocycles. The Morgan fingerprint density at radius 3 is 2.85 bits per heavy atom. The van der Waals surface area contributed by atoms with Gasteiger partial charge in [0.05, 0.1) is 6.04 Å². The van der Waals surface area contributed by atoms with Crippen molar-refractivity contribution in [3.05, 3.63) is 35.6 Å². The fraction of sp³-hybridized carbons (Fsp3) is 0.562. The van der Waals surface area contributed by atoms with Crippen molar-refractivity contribution in [2.75, 3.05) is 6.54 Å². The van der Waals surface area contributed by atoms with Crippen LogP contribution in [0.2, 0.25) is 0 Å². The van der Waals surface area contributed by atoms with Crippen LogP contribution < -0.4 is 5.73 Å². The summed E-state index contributed by atoms with van der Waals surface area (Å²) in [5.41, 5.74) is 6.34. The van der Waals surface area contributed by atoms with Crippen LogP contribution in [0.5, 0.6) is 0 Å². The molecule has 0 bridgehead atoms. The number of hydrogen-bond donors (Lipinski definition) is 1. The molecule has 3 nitrogen and oxygen atoms in total. The summed E-state index contributed by atoms with van der Waals surface area (Å²) >= 11 is 0. The number of benzene rings is 1. The lowest BCUT2D eigenvalue weighted by molar-refractivity contribution is -0.132. The Kier molecular flexibility index (Phi) is 4.76. The number of halogens is 1. The summed E-state index contributed by atoms with van der Waals surface area (Å²) in [6, 6.07) is 6.64. The molecule has 1 aliphatic heterocycles. The molecule has 0 aliphatic carbocycles. The van der Waals surface area contributed by atoms with Crippen molar-refractivity contribution in [2.45, 2.75) is 45.2 Å². The molecule has 1 aliphatic rings. The second-order valence-corrected chi connectivity index (χ2v) is 5.94. The first-order valence-corrected chi connectivity index (χ1v) is 7.28. The van der Waals surface area contributed by atoms with Crippen LogP contribution in [0, 0.1) is 11.7 Å². The minimum absolute atomic E-state index is 0.0193. The highest BCUT2D eigenvalue weighted by Gasteiger charge is 2.34. The van der Waals surface area contributed by atoms with Crippen molar-refractivity contribution in [1.29, 1.82) is 0 Å². The number of nitrogens with two attached hydrogens (primary N) is 1. The zero-order valence-corrected chi connectivity index (χ0v) is 12.2. The Bertz CT molecular complexity index is 475. The molecule has 2 rings (SSSR count). The minimum atomic E-state index is -0.225. The zero-order chi connectivity index (χ0) is 14.7. The normalized spacial score (nSPS) is 23.9. The fourth-order valence-corrected chi connectivity index (χ4v) is 2.86. The summed E-state index contributed by atoms with van der Waals surface area (Å²) in [4.78, 5) is 14.2. The van der Waals surface area contributed by atoms with Crippen molar-refractivity contribution in [2.24, 2.45) is 11.7 Å². The van der Waals surface area contributed by atoms with Crippen molar-refractivity contribution in [3.63, 3.8) is 0 Å². The predicted molar refractivity (Wildman–Crippen MR) is 77.5 cm³/mol. The SMILES string of the molecule is CC(N)CCC(=O)N1CC(C)CC1c1ccccc1F. The lowest BCUT2D eigenvalue weighted by Gasteiger charge is -2.25. The largest absolute Gasteiger partial charge is 0.335 e. The van der Waals surface area contributed by atoms with Crippen molar-refractivity contribution in [1.82, 2.24) is 4.90 Å². The molecule has 110 valence electrons. The Labute approximate surface area is 120 Å².